The van der Waals surface area contributed by atoms with E-state index >= 15 is 0 Å². The first kappa shape index (κ1) is 18.4. The number of methoxy groups -OCH3 is 1. The smallest absolute Gasteiger partial charge is 0.243 e. The topological polar surface area (TPSA) is 86.0 Å². The van der Waals surface area contributed by atoms with Crippen molar-refractivity contribution in [3.63, 3.8) is 0 Å². The van der Waals surface area contributed by atoms with Crippen molar-refractivity contribution in [3.05, 3.63) is 47.9 Å². The zero-order valence-electron chi connectivity index (χ0n) is 16.1. The van der Waals surface area contributed by atoms with Crippen LogP contribution in [0.3, 0.4) is 0 Å². The van der Waals surface area contributed by atoms with Crippen molar-refractivity contribution in [1.82, 2.24) is 18.9 Å². The van der Waals surface area contributed by atoms with Gasteiger partial charge in [0.1, 0.15) is 17.8 Å². The van der Waals surface area contributed by atoms with Crippen LogP contribution in [0.2, 0.25) is 0 Å². The second kappa shape index (κ2) is 7.00. The van der Waals surface area contributed by atoms with Crippen molar-refractivity contribution in [2.75, 3.05) is 26.8 Å². The summed E-state index contributed by atoms with van der Waals surface area (Å²) in [6, 6.07) is 7.04. The van der Waals surface area contributed by atoms with Crippen molar-refractivity contribution in [3.8, 4) is 11.5 Å². The number of hydrogen-bond donors (Lipinski definition) is 0. The third-order valence-corrected chi connectivity index (χ3v) is 7.71. The molecule has 1 aromatic carbocycles. The largest absolute Gasteiger partial charge is 0.496 e. The fourth-order valence-electron chi connectivity index (χ4n) is 4.22. The summed E-state index contributed by atoms with van der Waals surface area (Å²) in [4.78, 5) is 4.54. The van der Waals surface area contributed by atoms with Gasteiger partial charge in [-0.05, 0) is 42.5 Å². The Labute approximate surface area is 169 Å². The molecule has 8 nitrogen and oxygen atoms in total. The van der Waals surface area contributed by atoms with E-state index in [1.165, 1.54) is 6.33 Å². The first-order valence-electron chi connectivity index (χ1n) is 9.69. The first-order valence-corrected chi connectivity index (χ1v) is 11.1. The van der Waals surface area contributed by atoms with Crippen LogP contribution in [-0.4, -0.2) is 54.1 Å². The minimum Gasteiger partial charge on any atom is -0.496 e. The number of sulfonamides is 1. The van der Waals surface area contributed by atoms with E-state index in [9.17, 15) is 8.42 Å². The molecule has 0 aliphatic carbocycles. The van der Waals surface area contributed by atoms with Crippen molar-refractivity contribution in [2.45, 2.75) is 30.1 Å². The molecular weight excluding hydrogens is 392 g/mol. The molecule has 0 unspecified atom stereocenters. The lowest BCUT2D eigenvalue weighted by Gasteiger charge is -2.32. The Morgan fingerprint density at radius 3 is 2.83 bits per heavy atom. The third kappa shape index (κ3) is 3.14. The maximum absolute atomic E-state index is 13.1. The Bertz CT molecular complexity index is 1170. The lowest BCUT2D eigenvalue weighted by Crippen LogP contribution is -2.38. The maximum Gasteiger partial charge on any atom is 0.243 e. The van der Waals surface area contributed by atoms with Crippen LogP contribution in [0.4, 0.5) is 0 Å². The number of fused-ring (bicyclic) bond motifs is 2. The Kier molecular flexibility index (Phi) is 4.44. The molecule has 0 radical (unpaired) electrons. The molecule has 1 fully saturated rings. The molecule has 5 rings (SSSR count). The second-order valence-electron chi connectivity index (χ2n) is 7.41. The minimum absolute atomic E-state index is 0.207. The highest BCUT2D eigenvalue weighted by Gasteiger charge is 2.32. The van der Waals surface area contributed by atoms with Crippen molar-refractivity contribution in [2.24, 2.45) is 0 Å². The standard InChI is InChI=1S/C20H22N4O4S/c1-27-19-11-20-21-13-22-24(20)12-17(19)14-4-7-23(8-5-14)29(25,26)16-2-3-18-15(10-16)6-9-28-18/h2-3,10-14H,4-9H2,1H3. The van der Waals surface area contributed by atoms with Gasteiger partial charge in [0.25, 0.3) is 0 Å². The molecule has 9 heteroatoms. The number of nitrogens with zero attached hydrogens (tertiary/aromatic N) is 4. The minimum atomic E-state index is -3.51. The lowest BCUT2D eigenvalue weighted by atomic mass is 9.91. The van der Waals surface area contributed by atoms with Gasteiger partial charge >= 0.3 is 0 Å². The quantitative estimate of drug-likeness (QED) is 0.651. The summed E-state index contributed by atoms with van der Waals surface area (Å²) in [5.41, 5.74) is 2.73. The lowest BCUT2D eigenvalue weighted by molar-refractivity contribution is 0.312. The molecule has 152 valence electrons. The Morgan fingerprint density at radius 2 is 2.03 bits per heavy atom. The van der Waals surface area contributed by atoms with E-state index in [4.69, 9.17) is 9.47 Å². The fraction of sp³-hybridized carbons (Fsp3) is 0.400. The van der Waals surface area contributed by atoms with E-state index < -0.39 is 10.0 Å². The first-order chi connectivity index (χ1) is 14.1. The summed E-state index contributed by atoms with van der Waals surface area (Å²) < 4.78 is 40.6. The Balaban J connectivity index is 1.36. The van der Waals surface area contributed by atoms with Gasteiger partial charge in [-0.15, -0.1) is 0 Å². The van der Waals surface area contributed by atoms with Crippen molar-refractivity contribution in [1.29, 1.82) is 0 Å². The highest BCUT2D eigenvalue weighted by molar-refractivity contribution is 7.89. The van der Waals surface area contributed by atoms with Gasteiger partial charge in [-0.2, -0.15) is 9.40 Å². The van der Waals surface area contributed by atoms with E-state index in [0.29, 0.717) is 24.6 Å². The van der Waals surface area contributed by atoms with Crippen LogP contribution < -0.4 is 9.47 Å². The molecule has 3 aromatic rings. The summed E-state index contributed by atoms with van der Waals surface area (Å²) in [6.07, 6.45) is 5.66. The summed E-state index contributed by atoms with van der Waals surface area (Å²) in [7, 11) is -1.87. The molecule has 4 heterocycles. The van der Waals surface area contributed by atoms with Gasteiger partial charge in [0.15, 0.2) is 5.65 Å². The SMILES string of the molecule is COc1cc2ncnn2cc1C1CCN(S(=O)(=O)c2ccc3c(c2)CCO3)CC1. The predicted molar refractivity (Wildman–Crippen MR) is 106 cm³/mol. The average Bonchev–Trinajstić information content (AvgIpc) is 3.40. The Hall–Kier alpha value is -2.65. The van der Waals surface area contributed by atoms with Gasteiger partial charge in [-0.25, -0.2) is 17.9 Å². The fourth-order valence-corrected chi connectivity index (χ4v) is 5.74. The van der Waals surface area contributed by atoms with E-state index in [1.54, 1.807) is 34.1 Å². The van der Waals surface area contributed by atoms with Gasteiger partial charge in [-0.1, -0.05) is 0 Å². The number of ether oxygens (including phenoxy) is 2. The average molecular weight is 414 g/mol. The molecule has 0 bridgehead atoms. The van der Waals surface area contributed by atoms with Crippen LogP contribution in [0, 0.1) is 0 Å². The molecule has 1 saturated heterocycles. The van der Waals surface area contributed by atoms with E-state index in [0.717, 1.165) is 47.5 Å². The van der Waals surface area contributed by atoms with Gasteiger partial charge in [0.2, 0.25) is 10.0 Å². The number of hydrogen-bond acceptors (Lipinski definition) is 6. The van der Waals surface area contributed by atoms with E-state index in [2.05, 4.69) is 10.1 Å². The van der Waals surface area contributed by atoms with Crippen LogP contribution in [-0.2, 0) is 16.4 Å². The molecule has 0 amide bonds. The molecule has 0 spiro atoms. The summed E-state index contributed by atoms with van der Waals surface area (Å²) in [6.45, 7) is 1.56. The molecule has 2 aliphatic heterocycles. The van der Waals surface area contributed by atoms with Crippen LogP contribution in [0.25, 0.3) is 5.65 Å². The zero-order chi connectivity index (χ0) is 20.0. The molecule has 0 atom stereocenters. The van der Waals surface area contributed by atoms with Crippen LogP contribution in [0.5, 0.6) is 11.5 Å². The summed E-state index contributed by atoms with van der Waals surface area (Å²) in [5, 5.41) is 4.21. The van der Waals surface area contributed by atoms with Gasteiger partial charge in [0.05, 0.1) is 18.6 Å². The summed E-state index contributed by atoms with van der Waals surface area (Å²) in [5.74, 6) is 1.77. The normalized spacial score (nSPS) is 18.0. The molecule has 29 heavy (non-hydrogen) atoms. The van der Waals surface area contributed by atoms with E-state index in [1.807, 2.05) is 12.3 Å². The number of rotatable bonds is 4. The number of pyridine rings is 1. The maximum atomic E-state index is 13.1. The highest BCUT2D eigenvalue weighted by Crippen LogP contribution is 2.36. The monoisotopic (exact) mass is 414 g/mol. The Morgan fingerprint density at radius 1 is 1.21 bits per heavy atom. The van der Waals surface area contributed by atoms with Gasteiger partial charge < -0.3 is 9.47 Å². The highest BCUT2D eigenvalue weighted by atomic mass is 32.2. The van der Waals surface area contributed by atoms with Crippen LogP contribution in [0.15, 0.2) is 41.7 Å². The predicted octanol–water partition coefficient (Wildman–Crippen LogP) is 2.24. The molecule has 0 N–H and O–H groups in total. The van der Waals surface area contributed by atoms with Crippen LogP contribution >= 0.6 is 0 Å². The zero-order valence-corrected chi connectivity index (χ0v) is 16.9. The third-order valence-electron chi connectivity index (χ3n) is 5.82. The number of benzene rings is 1. The molecular formula is C20H22N4O4S. The van der Waals surface area contributed by atoms with Crippen LogP contribution in [0.1, 0.15) is 29.9 Å². The van der Waals surface area contributed by atoms with Gasteiger partial charge in [-0.3, -0.25) is 0 Å². The molecule has 0 saturated carbocycles. The van der Waals surface area contributed by atoms with Crippen molar-refractivity contribution >= 4 is 15.7 Å². The van der Waals surface area contributed by atoms with E-state index in [-0.39, 0.29) is 5.92 Å². The molecule has 2 aliphatic rings. The number of piperidine rings is 1. The van der Waals surface area contributed by atoms with Gasteiger partial charge in [0, 0.05) is 37.3 Å². The van der Waals surface area contributed by atoms with Crippen molar-refractivity contribution < 1.29 is 17.9 Å². The molecule has 2 aromatic heterocycles. The summed E-state index contributed by atoms with van der Waals surface area (Å²) >= 11 is 0. The second-order valence-corrected chi connectivity index (χ2v) is 9.34. The number of aromatic nitrogens is 3.